The van der Waals surface area contributed by atoms with Crippen LogP contribution in [0.25, 0.3) is 0 Å². The van der Waals surface area contributed by atoms with E-state index in [1.165, 1.54) is 6.33 Å². The van der Waals surface area contributed by atoms with Crippen LogP contribution in [0.15, 0.2) is 54.9 Å². The molecule has 8 nitrogen and oxygen atoms in total. The van der Waals surface area contributed by atoms with Crippen LogP contribution in [0.2, 0.25) is 0 Å². The monoisotopic (exact) mass is 485 g/mol. The van der Waals surface area contributed by atoms with Gasteiger partial charge in [0.15, 0.2) is 5.69 Å². The molecule has 5 rings (SSSR count). The fourth-order valence-electron chi connectivity index (χ4n) is 5.00. The SMILES string of the molecule is Cc1cccc(CNC(=O)c2ncn3c2C(=O)N(C2CC2)[C@](C)(C(=O)NCc2cccc(C)c2)C3)c1. The lowest BCUT2D eigenvalue weighted by molar-refractivity contribution is -0.133. The maximum absolute atomic E-state index is 13.7. The fraction of sp³-hybridized carbons (Fsp3) is 0.357. The van der Waals surface area contributed by atoms with E-state index in [2.05, 4.69) is 15.6 Å². The van der Waals surface area contributed by atoms with Crippen LogP contribution in [-0.4, -0.2) is 43.8 Å². The fourth-order valence-corrected chi connectivity index (χ4v) is 5.00. The molecule has 8 heteroatoms. The Labute approximate surface area is 210 Å². The third-order valence-corrected chi connectivity index (χ3v) is 6.96. The molecule has 2 aliphatic rings. The van der Waals surface area contributed by atoms with Gasteiger partial charge in [-0.25, -0.2) is 4.98 Å². The number of carbonyl (C=O) groups excluding carboxylic acids is 3. The van der Waals surface area contributed by atoms with Gasteiger partial charge in [-0.05, 0) is 44.7 Å². The Hall–Kier alpha value is -3.94. The maximum Gasteiger partial charge on any atom is 0.274 e. The van der Waals surface area contributed by atoms with E-state index < -0.39 is 11.4 Å². The predicted octanol–water partition coefficient (Wildman–Crippen LogP) is 3.12. The van der Waals surface area contributed by atoms with Crippen molar-refractivity contribution in [1.29, 1.82) is 0 Å². The van der Waals surface area contributed by atoms with Gasteiger partial charge in [-0.3, -0.25) is 14.4 Å². The second-order valence-corrected chi connectivity index (χ2v) is 10.1. The van der Waals surface area contributed by atoms with Gasteiger partial charge in [-0.15, -0.1) is 0 Å². The van der Waals surface area contributed by atoms with Crippen molar-refractivity contribution >= 4 is 17.7 Å². The first-order valence-electron chi connectivity index (χ1n) is 12.3. The second-order valence-electron chi connectivity index (χ2n) is 10.1. The molecule has 2 N–H and O–H groups in total. The lowest BCUT2D eigenvalue weighted by atomic mass is 9.93. The molecular weight excluding hydrogens is 454 g/mol. The van der Waals surface area contributed by atoms with Crippen molar-refractivity contribution in [2.24, 2.45) is 0 Å². The lowest BCUT2D eigenvalue weighted by Gasteiger charge is -2.44. The van der Waals surface area contributed by atoms with Crippen molar-refractivity contribution in [3.05, 3.63) is 88.5 Å². The third-order valence-electron chi connectivity index (χ3n) is 6.96. The molecule has 1 aliphatic carbocycles. The third kappa shape index (κ3) is 4.51. The van der Waals surface area contributed by atoms with Crippen molar-refractivity contribution in [2.75, 3.05) is 0 Å². The second kappa shape index (κ2) is 9.26. The zero-order chi connectivity index (χ0) is 25.4. The van der Waals surface area contributed by atoms with Gasteiger partial charge >= 0.3 is 0 Å². The molecule has 0 bridgehead atoms. The van der Waals surface area contributed by atoms with E-state index in [0.29, 0.717) is 13.1 Å². The number of nitrogens with zero attached hydrogens (tertiary/aromatic N) is 3. The number of carbonyl (C=O) groups is 3. The molecule has 0 saturated heterocycles. The van der Waals surface area contributed by atoms with E-state index in [4.69, 9.17) is 0 Å². The molecule has 1 aliphatic heterocycles. The number of imidazole rings is 1. The minimum atomic E-state index is -1.08. The smallest absolute Gasteiger partial charge is 0.274 e. The molecule has 1 saturated carbocycles. The van der Waals surface area contributed by atoms with Crippen LogP contribution in [0.4, 0.5) is 0 Å². The average Bonchev–Trinajstić information content (AvgIpc) is 3.58. The van der Waals surface area contributed by atoms with Crippen LogP contribution in [-0.2, 0) is 24.4 Å². The number of aryl methyl sites for hydroxylation is 2. The van der Waals surface area contributed by atoms with E-state index in [-0.39, 0.29) is 35.8 Å². The first-order valence-corrected chi connectivity index (χ1v) is 12.3. The van der Waals surface area contributed by atoms with Gasteiger partial charge in [0.1, 0.15) is 11.2 Å². The quantitative estimate of drug-likeness (QED) is 0.538. The maximum atomic E-state index is 13.7. The number of nitrogens with one attached hydrogen (secondary N) is 2. The van der Waals surface area contributed by atoms with Gasteiger partial charge < -0.3 is 20.1 Å². The lowest BCUT2D eigenvalue weighted by Crippen LogP contribution is -2.64. The zero-order valence-corrected chi connectivity index (χ0v) is 20.9. The first kappa shape index (κ1) is 23.8. The largest absolute Gasteiger partial charge is 0.350 e. The van der Waals surface area contributed by atoms with Gasteiger partial charge in [0.2, 0.25) is 5.91 Å². The van der Waals surface area contributed by atoms with Crippen LogP contribution < -0.4 is 10.6 Å². The molecule has 3 amide bonds. The summed E-state index contributed by atoms with van der Waals surface area (Å²) >= 11 is 0. The number of rotatable bonds is 7. The molecule has 0 spiro atoms. The Kier molecular flexibility index (Phi) is 6.12. The van der Waals surface area contributed by atoms with Gasteiger partial charge in [0.25, 0.3) is 11.8 Å². The van der Waals surface area contributed by atoms with Crippen molar-refractivity contribution in [1.82, 2.24) is 25.1 Å². The van der Waals surface area contributed by atoms with E-state index >= 15 is 0 Å². The van der Waals surface area contributed by atoms with Crippen molar-refractivity contribution in [3.63, 3.8) is 0 Å². The number of aromatic nitrogens is 2. The molecule has 1 fully saturated rings. The summed E-state index contributed by atoms with van der Waals surface area (Å²) in [5.41, 5.74) is 3.47. The number of hydrogen-bond donors (Lipinski definition) is 2. The minimum Gasteiger partial charge on any atom is -0.350 e. The Bertz CT molecular complexity index is 1340. The number of benzene rings is 2. The van der Waals surface area contributed by atoms with Crippen LogP contribution in [0.3, 0.4) is 0 Å². The Balaban J connectivity index is 1.36. The van der Waals surface area contributed by atoms with Gasteiger partial charge in [0, 0.05) is 19.1 Å². The van der Waals surface area contributed by atoms with Crippen molar-refractivity contribution in [2.45, 2.75) is 64.8 Å². The van der Waals surface area contributed by atoms with Gasteiger partial charge in [-0.2, -0.15) is 0 Å². The molecule has 0 unspecified atom stereocenters. The van der Waals surface area contributed by atoms with E-state index in [1.807, 2.05) is 62.4 Å². The van der Waals surface area contributed by atoms with E-state index in [9.17, 15) is 14.4 Å². The highest BCUT2D eigenvalue weighted by atomic mass is 16.2. The summed E-state index contributed by atoms with van der Waals surface area (Å²) in [5.74, 6) is -0.939. The number of fused-ring (bicyclic) bond motifs is 1. The molecule has 3 aromatic rings. The average molecular weight is 486 g/mol. The highest BCUT2D eigenvalue weighted by Crippen LogP contribution is 2.38. The standard InChI is InChI=1S/C28H31N5O3/c1-18-6-4-8-20(12-18)14-29-25(34)23-24-26(35)33(22-10-11-22)28(3,16-32(24)17-31-23)27(36)30-15-21-9-5-7-19(2)13-21/h4-9,12-13,17,22H,10-11,14-16H2,1-3H3,(H,29,34)(H,30,36)/t28-/m0/s1. The van der Waals surface area contributed by atoms with Gasteiger partial charge in [-0.1, -0.05) is 59.7 Å². The summed E-state index contributed by atoms with van der Waals surface area (Å²) in [6.07, 6.45) is 3.18. The summed E-state index contributed by atoms with van der Waals surface area (Å²) < 4.78 is 1.65. The highest BCUT2D eigenvalue weighted by Gasteiger charge is 2.53. The predicted molar refractivity (Wildman–Crippen MR) is 135 cm³/mol. The summed E-state index contributed by atoms with van der Waals surface area (Å²) in [6, 6.07) is 15.8. The van der Waals surface area contributed by atoms with E-state index in [1.54, 1.807) is 16.4 Å². The molecule has 0 radical (unpaired) electrons. The minimum absolute atomic E-state index is 0.0147. The number of hydrogen-bond acceptors (Lipinski definition) is 4. The van der Waals surface area contributed by atoms with Crippen molar-refractivity contribution < 1.29 is 14.4 Å². The summed E-state index contributed by atoms with van der Waals surface area (Å²) in [4.78, 5) is 46.2. The van der Waals surface area contributed by atoms with Gasteiger partial charge in [0.05, 0.1) is 12.9 Å². The normalized spacial score (nSPS) is 19.1. The Morgan fingerprint density at radius 1 is 1.00 bits per heavy atom. The molecule has 1 atom stereocenters. The summed E-state index contributed by atoms with van der Waals surface area (Å²) in [6.45, 7) is 6.77. The summed E-state index contributed by atoms with van der Waals surface area (Å²) in [5, 5.41) is 5.91. The molecule has 2 heterocycles. The Morgan fingerprint density at radius 3 is 2.19 bits per heavy atom. The van der Waals surface area contributed by atoms with Crippen LogP contribution in [0, 0.1) is 13.8 Å². The first-order chi connectivity index (χ1) is 17.3. The molecule has 2 aromatic carbocycles. The van der Waals surface area contributed by atoms with Crippen LogP contribution in [0.1, 0.15) is 63.0 Å². The summed E-state index contributed by atoms with van der Waals surface area (Å²) in [7, 11) is 0. The molecule has 36 heavy (non-hydrogen) atoms. The molecule has 186 valence electrons. The zero-order valence-electron chi connectivity index (χ0n) is 20.9. The van der Waals surface area contributed by atoms with Crippen LogP contribution >= 0.6 is 0 Å². The highest BCUT2D eigenvalue weighted by molar-refractivity contribution is 6.07. The Morgan fingerprint density at radius 2 is 1.61 bits per heavy atom. The van der Waals surface area contributed by atoms with E-state index in [0.717, 1.165) is 35.1 Å². The molecule has 1 aromatic heterocycles. The van der Waals surface area contributed by atoms with Crippen LogP contribution in [0.5, 0.6) is 0 Å². The topological polar surface area (TPSA) is 96.3 Å². The van der Waals surface area contributed by atoms with Crippen molar-refractivity contribution in [3.8, 4) is 0 Å². The molecular formula is C28H31N5O3. The number of amides is 3.